The number of methoxy groups -OCH3 is 1. The van der Waals surface area contributed by atoms with Crippen molar-refractivity contribution in [3.8, 4) is 5.75 Å². The fourth-order valence-corrected chi connectivity index (χ4v) is 3.58. The van der Waals surface area contributed by atoms with Crippen molar-refractivity contribution in [1.29, 1.82) is 0 Å². The van der Waals surface area contributed by atoms with E-state index >= 15 is 0 Å². The van der Waals surface area contributed by atoms with E-state index < -0.39 is 11.6 Å². The van der Waals surface area contributed by atoms with Gasteiger partial charge in [-0.3, -0.25) is 4.79 Å². The van der Waals surface area contributed by atoms with Gasteiger partial charge < -0.3 is 19.5 Å². The van der Waals surface area contributed by atoms with Crippen molar-refractivity contribution in [1.82, 2.24) is 0 Å². The van der Waals surface area contributed by atoms with E-state index in [4.69, 9.17) is 14.2 Å². The summed E-state index contributed by atoms with van der Waals surface area (Å²) in [6.45, 7) is 6.54. The Kier molecular flexibility index (Phi) is 7.03. The SMILES string of the molecule is CCOC(=O)c1cc(NC(=O)[C@@]2(OCC)CCC[C@H](C)C2)ccc1OC. The molecule has 0 heterocycles. The van der Waals surface area contributed by atoms with Crippen LogP contribution >= 0.6 is 0 Å². The van der Waals surface area contributed by atoms with Crippen LogP contribution in [0.5, 0.6) is 5.75 Å². The third-order valence-electron chi connectivity index (χ3n) is 4.74. The van der Waals surface area contributed by atoms with Crippen LogP contribution in [0, 0.1) is 5.92 Å². The van der Waals surface area contributed by atoms with E-state index in [9.17, 15) is 9.59 Å². The van der Waals surface area contributed by atoms with Gasteiger partial charge in [-0.2, -0.15) is 0 Å². The number of esters is 1. The Morgan fingerprint density at radius 2 is 2.04 bits per heavy atom. The number of nitrogens with one attached hydrogen (secondary N) is 1. The minimum atomic E-state index is -0.809. The first-order valence-electron chi connectivity index (χ1n) is 9.26. The van der Waals surface area contributed by atoms with Crippen LogP contribution in [0.2, 0.25) is 0 Å². The lowest BCUT2D eigenvalue weighted by molar-refractivity contribution is -0.147. The fourth-order valence-electron chi connectivity index (χ4n) is 3.58. The molecule has 2 rings (SSSR count). The number of carbonyl (C=O) groups is 2. The quantitative estimate of drug-likeness (QED) is 0.746. The maximum atomic E-state index is 13.0. The van der Waals surface area contributed by atoms with E-state index in [1.807, 2.05) is 6.92 Å². The van der Waals surface area contributed by atoms with Crippen molar-refractivity contribution in [3.05, 3.63) is 23.8 Å². The lowest BCUT2D eigenvalue weighted by Crippen LogP contribution is -2.48. The molecule has 1 saturated carbocycles. The standard InChI is InChI=1S/C20H29NO5/c1-5-25-18(22)16-12-15(9-10-17(16)24-4)21-19(23)20(26-6-2)11-7-8-14(3)13-20/h9-10,12,14H,5-8,11,13H2,1-4H3,(H,21,23)/t14-,20+/m0/s1. The Hall–Kier alpha value is -2.08. The van der Waals surface area contributed by atoms with Crippen molar-refractivity contribution in [2.24, 2.45) is 5.92 Å². The largest absolute Gasteiger partial charge is 0.496 e. The highest BCUT2D eigenvalue weighted by Crippen LogP contribution is 2.36. The van der Waals surface area contributed by atoms with Crippen LogP contribution in [0.25, 0.3) is 0 Å². The van der Waals surface area contributed by atoms with Gasteiger partial charge in [0.2, 0.25) is 0 Å². The van der Waals surface area contributed by atoms with Gasteiger partial charge in [-0.1, -0.05) is 13.3 Å². The van der Waals surface area contributed by atoms with Crippen LogP contribution in [0.3, 0.4) is 0 Å². The molecule has 1 fully saturated rings. The highest BCUT2D eigenvalue weighted by atomic mass is 16.5. The van der Waals surface area contributed by atoms with Crippen LogP contribution in [0.1, 0.15) is 56.8 Å². The fraction of sp³-hybridized carbons (Fsp3) is 0.600. The molecule has 0 radical (unpaired) electrons. The average molecular weight is 363 g/mol. The molecule has 0 aliphatic heterocycles. The van der Waals surface area contributed by atoms with Crippen LogP contribution in [0.15, 0.2) is 18.2 Å². The maximum Gasteiger partial charge on any atom is 0.341 e. The first-order chi connectivity index (χ1) is 12.5. The number of anilines is 1. The molecule has 0 saturated heterocycles. The summed E-state index contributed by atoms with van der Waals surface area (Å²) in [5, 5.41) is 2.92. The number of ether oxygens (including phenoxy) is 3. The zero-order valence-corrected chi connectivity index (χ0v) is 16.1. The zero-order chi connectivity index (χ0) is 19.2. The predicted octanol–water partition coefficient (Wildman–Crippen LogP) is 3.80. The topological polar surface area (TPSA) is 73.9 Å². The van der Waals surface area contributed by atoms with E-state index in [0.717, 1.165) is 12.8 Å². The predicted molar refractivity (Wildman–Crippen MR) is 99.6 cm³/mol. The highest BCUT2D eigenvalue weighted by Gasteiger charge is 2.42. The third kappa shape index (κ3) is 4.55. The van der Waals surface area contributed by atoms with Crippen molar-refractivity contribution in [2.45, 2.75) is 52.1 Å². The van der Waals surface area contributed by atoms with Gasteiger partial charge in [0, 0.05) is 12.3 Å². The Balaban J connectivity index is 2.24. The summed E-state index contributed by atoms with van der Waals surface area (Å²) < 4.78 is 16.2. The summed E-state index contributed by atoms with van der Waals surface area (Å²) in [7, 11) is 1.49. The lowest BCUT2D eigenvalue weighted by Gasteiger charge is -2.38. The smallest absolute Gasteiger partial charge is 0.341 e. The van der Waals surface area contributed by atoms with E-state index in [2.05, 4.69) is 12.2 Å². The van der Waals surface area contributed by atoms with E-state index in [1.165, 1.54) is 7.11 Å². The van der Waals surface area contributed by atoms with E-state index in [1.54, 1.807) is 25.1 Å². The number of hydrogen-bond acceptors (Lipinski definition) is 5. The first-order valence-corrected chi connectivity index (χ1v) is 9.26. The molecule has 0 spiro atoms. The second-order valence-electron chi connectivity index (χ2n) is 6.72. The van der Waals surface area contributed by atoms with Gasteiger partial charge in [-0.25, -0.2) is 4.79 Å². The van der Waals surface area contributed by atoms with Gasteiger partial charge in [-0.15, -0.1) is 0 Å². The van der Waals surface area contributed by atoms with Crippen LogP contribution in [-0.4, -0.2) is 37.8 Å². The van der Waals surface area contributed by atoms with Crippen LogP contribution in [0.4, 0.5) is 5.69 Å². The van der Waals surface area contributed by atoms with Crippen LogP contribution < -0.4 is 10.1 Å². The molecule has 1 aromatic rings. The normalized spacial score (nSPS) is 22.5. The number of rotatable bonds is 7. The molecule has 1 aliphatic carbocycles. The van der Waals surface area contributed by atoms with Crippen molar-refractivity contribution >= 4 is 17.6 Å². The molecule has 1 aliphatic rings. The van der Waals surface area contributed by atoms with Crippen LogP contribution in [-0.2, 0) is 14.3 Å². The Bertz CT molecular complexity index is 641. The molecule has 0 unspecified atom stereocenters. The summed E-state index contributed by atoms with van der Waals surface area (Å²) >= 11 is 0. The Labute approximate surface area is 155 Å². The van der Waals surface area contributed by atoms with Gasteiger partial charge in [0.15, 0.2) is 0 Å². The van der Waals surface area contributed by atoms with Crippen molar-refractivity contribution < 1.29 is 23.8 Å². The molecule has 26 heavy (non-hydrogen) atoms. The molecule has 2 atom stereocenters. The van der Waals surface area contributed by atoms with Crippen molar-refractivity contribution in [2.75, 3.05) is 25.6 Å². The zero-order valence-electron chi connectivity index (χ0n) is 16.1. The van der Waals surface area contributed by atoms with Gasteiger partial charge in [0.1, 0.15) is 16.9 Å². The number of amides is 1. The molecular weight excluding hydrogens is 334 g/mol. The van der Waals surface area contributed by atoms with Gasteiger partial charge in [0.05, 0.1) is 13.7 Å². The Morgan fingerprint density at radius 1 is 1.27 bits per heavy atom. The molecule has 1 N–H and O–H groups in total. The number of hydrogen-bond donors (Lipinski definition) is 1. The molecule has 0 aromatic heterocycles. The molecular formula is C20H29NO5. The molecule has 144 valence electrons. The summed E-state index contributed by atoms with van der Waals surface area (Å²) in [6, 6.07) is 4.95. The minimum absolute atomic E-state index is 0.161. The second kappa shape index (κ2) is 9.03. The minimum Gasteiger partial charge on any atom is -0.496 e. The number of benzene rings is 1. The molecule has 1 amide bonds. The number of carbonyl (C=O) groups excluding carboxylic acids is 2. The maximum absolute atomic E-state index is 13.0. The summed E-state index contributed by atoms with van der Waals surface area (Å²) in [5.74, 6) is 0.205. The molecule has 1 aromatic carbocycles. The van der Waals surface area contributed by atoms with Crippen molar-refractivity contribution in [3.63, 3.8) is 0 Å². The molecule has 0 bridgehead atoms. The Morgan fingerprint density at radius 3 is 2.65 bits per heavy atom. The van der Waals surface area contributed by atoms with E-state index in [-0.39, 0.29) is 18.1 Å². The summed E-state index contributed by atoms with van der Waals surface area (Å²) in [4.78, 5) is 25.1. The summed E-state index contributed by atoms with van der Waals surface area (Å²) in [5.41, 5.74) is 0.00182. The monoisotopic (exact) mass is 363 g/mol. The lowest BCUT2D eigenvalue weighted by atomic mass is 9.78. The van der Waals surface area contributed by atoms with Gasteiger partial charge >= 0.3 is 5.97 Å². The van der Waals surface area contributed by atoms with E-state index in [0.29, 0.717) is 36.8 Å². The first kappa shape index (κ1) is 20.2. The average Bonchev–Trinajstić information content (AvgIpc) is 2.62. The molecule has 6 nitrogen and oxygen atoms in total. The second-order valence-corrected chi connectivity index (χ2v) is 6.72. The molecule has 6 heteroatoms. The van der Waals surface area contributed by atoms with Gasteiger partial charge in [0.25, 0.3) is 5.91 Å². The summed E-state index contributed by atoms with van der Waals surface area (Å²) in [6.07, 6.45) is 3.48. The van der Waals surface area contributed by atoms with Gasteiger partial charge in [-0.05, 0) is 57.2 Å². The third-order valence-corrected chi connectivity index (χ3v) is 4.74. The highest BCUT2D eigenvalue weighted by molar-refractivity contribution is 5.99.